The minimum absolute atomic E-state index is 0.0842. The van der Waals surface area contributed by atoms with Gasteiger partial charge >= 0.3 is 6.36 Å². The summed E-state index contributed by atoms with van der Waals surface area (Å²) in [7, 11) is 0. The standard InChI is InChI=1S/C23H25F3N4O2/c1-14(2)20(13-31)29-22-28-19(16-7-5-4-6-8-16)12-21(30-22)27-18-10-9-17(11-15(18)3)32-23(24,25)26/h4-12,14,20,31H,13H2,1-3H3,(H2,27,28,29,30)/t20-/m1/s1. The van der Waals surface area contributed by atoms with Crippen molar-refractivity contribution in [2.45, 2.75) is 33.2 Å². The Balaban J connectivity index is 1.94. The van der Waals surface area contributed by atoms with E-state index in [2.05, 4.69) is 25.3 Å². The van der Waals surface area contributed by atoms with E-state index in [0.29, 0.717) is 28.7 Å². The number of aliphatic hydroxyl groups is 1. The van der Waals surface area contributed by atoms with Gasteiger partial charge < -0.3 is 20.5 Å². The van der Waals surface area contributed by atoms with Gasteiger partial charge in [-0.1, -0.05) is 44.2 Å². The highest BCUT2D eigenvalue weighted by atomic mass is 19.4. The predicted molar refractivity (Wildman–Crippen MR) is 118 cm³/mol. The van der Waals surface area contributed by atoms with E-state index in [0.717, 1.165) is 5.56 Å². The van der Waals surface area contributed by atoms with Crippen LogP contribution in [0.25, 0.3) is 11.3 Å². The van der Waals surface area contributed by atoms with E-state index in [4.69, 9.17) is 0 Å². The molecule has 0 fully saturated rings. The van der Waals surface area contributed by atoms with Gasteiger partial charge in [-0.2, -0.15) is 4.98 Å². The van der Waals surface area contributed by atoms with Crippen molar-refractivity contribution in [3.8, 4) is 17.0 Å². The first-order valence-corrected chi connectivity index (χ1v) is 10.1. The third-order valence-corrected chi connectivity index (χ3v) is 4.81. The Morgan fingerprint density at radius 3 is 2.34 bits per heavy atom. The van der Waals surface area contributed by atoms with Gasteiger partial charge in [0.2, 0.25) is 5.95 Å². The Labute approximate surface area is 184 Å². The number of ether oxygens (including phenoxy) is 1. The first-order chi connectivity index (χ1) is 15.1. The summed E-state index contributed by atoms with van der Waals surface area (Å²) in [6, 6.07) is 15.1. The molecule has 0 spiro atoms. The SMILES string of the molecule is Cc1cc(OC(F)(F)F)ccc1Nc1cc(-c2ccccc2)nc(N[C@H](CO)C(C)C)n1. The minimum Gasteiger partial charge on any atom is -0.406 e. The molecule has 9 heteroatoms. The number of anilines is 3. The van der Waals surface area contributed by atoms with Crippen molar-refractivity contribution in [2.24, 2.45) is 5.92 Å². The zero-order chi connectivity index (χ0) is 23.3. The number of halogens is 3. The Morgan fingerprint density at radius 1 is 1.03 bits per heavy atom. The lowest BCUT2D eigenvalue weighted by molar-refractivity contribution is -0.274. The van der Waals surface area contributed by atoms with Gasteiger partial charge in [0.1, 0.15) is 11.6 Å². The summed E-state index contributed by atoms with van der Waals surface area (Å²) in [6.45, 7) is 5.54. The number of nitrogens with one attached hydrogen (secondary N) is 2. The van der Waals surface area contributed by atoms with Crippen molar-refractivity contribution < 1.29 is 23.0 Å². The molecule has 0 saturated heterocycles. The van der Waals surface area contributed by atoms with Crippen LogP contribution in [0.2, 0.25) is 0 Å². The summed E-state index contributed by atoms with van der Waals surface area (Å²) >= 11 is 0. The molecule has 2 aromatic carbocycles. The highest BCUT2D eigenvalue weighted by molar-refractivity contribution is 5.69. The van der Waals surface area contributed by atoms with E-state index >= 15 is 0 Å². The predicted octanol–water partition coefficient (Wildman–Crippen LogP) is 5.52. The Kier molecular flexibility index (Phi) is 7.19. The third kappa shape index (κ3) is 6.34. The normalized spacial score (nSPS) is 12.5. The van der Waals surface area contributed by atoms with Gasteiger partial charge in [-0.05, 0) is 36.6 Å². The van der Waals surface area contributed by atoms with Gasteiger partial charge in [-0.25, -0.2) is 4.98 Å². The molecule has 3 rings (SSSR count). The van der Waals surface area contributed by atoms with E-state index in [-0.39, 0.29) is 24.3 Å². The van der Waals surface area contributed by atoms with Crippen molar-refractivity contribution in [2.75, 3.05) is 17.2 Å². The molecule has 0 aliphatic rings. The summed E-state index contributed by atoms with van der Waals surface area (Å²) in [5.41, 5.74) is 2.65. The molecule has 0 saturated carbocycles. The average Bonchev–Trinajstić information content (AvgIpc) is 2.73. The molecule has 3 N–H and O–H groups in total. The minimum atomic E-state index is -4.75. The molecular weight excluding hydrogens is 421 g/mol. The number of hydrogen-bond acceptors (Lipinski definition) is 6. The van der Waals surface area contributed by atoms with Crippen molar-refractivity contribution in [3.05, 3.63) is 60.2 Å². The zero-order valence-electron chi connectivity index (χ0n) is 17.9. The Morgan fingerprint density at radius 2 is 1.75 bits per heavy atom. The fourth-order valence-electron chi connectivity index (χ4n) is 3.03. The van der Waals surface area contributed by atoms with Crippen LogP contribution in [-0.2, 0) is 0 Å². The van der Waals surface area contributed by atoms with Crippen LogP contribution in [-0.4, -0.2) is 34.1 Å². The van der Waals surface area contributed by atoms with E-state index in [1.165, 1.54) is 18.2 Å². The number of aliphatic hydroxyl groups excluding tert-OH is 1. The number of alkyl halides is 3. The summed E-state index contributed by atoms with van der Waals surface area (Å²) in [5, 5.41) is 16.0. The van der Waals surface area contributed by atoms with Crippen molar-refractivity contribution >= 4 is 17.5 Å². The molecule has 0 radical (unpaired) electrons. The quantitative estimate of drug-likeness (QED) is 0.423. The molecular formula is C23H25F3N4O2. The maximum Gasteiger partial charge on any atom is 0.573 e. The molecule has 1 heterocycles. The molecule has 0 unspecified atom stereocenters. The number of benzene rings is 2. The number of rotatable bonds is 8. The number of nitrogens with zero attached hydrogens (tertiary/aromatic N) is 2. The van der Waals surface area contributed by atoms with E-state index in [9.17, 15) is 18.3 Å². The van der Waals surface area contributed by atoms with Gasteiger partial charge in [-0.3, -0.25) is 0 Å². The first kappa shape index (κ1) is 23.3. The van der Waals surface area contributed by atoms with Crippen LogP contribution in [0.5, 0.6) is 5.75 Å². The average molecular weight is 446 g/mol. The Hall–Kier alpha value is -3.33. The van der Waals surface area contributed by atoms with Crippen LogP contribution in [0, 0.1) is 12.8 Å². The number of aromatic nitrogens is 2. The van der Waals surface area contributed by atoms with Crippen molar-refractivity contribution in [1.29, 1.82) is 0 Å². The van der Waals surface area contributed by atoms with Crippen LogP contribution >= 0.6 is 0 Å². The van der Waals surface area contributed by atoms with Gasteiger partial charge in [0.05, 0.1) is 18.3 Å². The number of aryl methyl sites for hydroxylation is 1. The summed E-state index contributed by atoms with van der Waals surface area (Å²) in [6.07, 6.45) is -4.75. The smallest absolute Gasteiger partial charge is 0.406 e. The molecule has 0 aliphatic carbocycles. The molecule has 1 atom stereocenters. The lowest BCUT2D eigenvalue weighted by atomic mass is 10.1. The van der Waals surface area contributed by atoms with Crippen molar-refractivity contribution in [3.63, 3.8) is 0 Å². The van der Waals surface area contributed by atoms with Gasteiger partial charge in [-0.15, -0.1) is 13.2 Å². The lowest BCUT2D eigenvalue weighted by Gasteiger charge is -2.21. The fourth-order valence-corrected chi connectivity index (χ4v) is 3.03. The van der Waals surface area contributed by atoms with Crippen LogP contribution in [0.3, 0.4) is 0 Å². The van der Waals surface area contributed by atoms with Gasteiger partial charge in [0.25, 0.3) is 0 Å². The summed E-state index contributed by atoms with van der Waals surface area (Å²) < 4.78 is 41.4. The van der Waals surface area contributed by atoms with Crippen LogP contribution < -0.4 is 15.4 Å². The van der Waals surface area contributed by atoms with Gasteiger partial charge in [0, 0.05) is 17.3 Å². The lowest BCUT2D eigenvalue weighted by Crippen LogP contribution is -2.30. The van der Waals surface area contributed by atoms with E-state index < -0.39 is 6.36 Å². The fraction of sp³-hybridized carbons (Fsp3) is 0.304. The topological polar surface area (TPSA) is 79.3 Å². The molecule has 6 nitrogen and oxygen atoms in total. The second kappa shape index (κ2) is 9.86. The largest absolute Gasteiger partial charge is 0.573 e. The number of hydrogen-bond donors (Lipinski definition) is 3. The summed E-state index contributed by atoms with van der Waals surface area (Å²) in [4.78, 5) is 9.07. The monoisotopic (exact) mass is 446 g/mol. The molecule has 32 heavy (non-hydrogen) atoms. The maximum atomic E-state index is 12.5. The molecule has 0 bridgehead atoms. The third-order valence-electron chi connectivity index (χ3n) is 4.81. The molecule has 3 aromatic rings. The van der Waals surface area contributed by atoms with Crippen LogP contribution in [0.4, 0.5) is 30.6 Å². The molecule has 170 valence electrons. The highest BCUT2D eigenvalue weighted by Crippen LogP contribution is 2.29. The molecule has 1 aromatic heterocycles. The highest BCUT2D eigenvalue weighted by Gasteiger charge is 2.31. The zero-order valence-corrected chi connectivity index (χ0v) is 17.9. The van der Waals surface area contributed by atoms with Crippen LogP contribution in [0.1, 0.15) is 19.4 Å². The van der Waals surface area contributed by atoms with Crippen molar-refractivity contribution in [1.82, 2.24) is 9.97 Å². The van der Waals surface area contributed by atoms with Gasteiger partial charge in [0.15, 0.2) is 0 Å². The summed E-state index contributed by atoms with van der Waals surface area (Å²) in [5.74, 6) is 0.632. The molecule has 0 aliphatic heterocycles. The second-order valence-corrected chi connectivity index (χ2v) is 7.66. The Bertz CT molecular complexity index is 1040. The maximum absolute atomic E-state index is 12.5. The second-order valence-electron chi connectivity index (χ2n) is 7.66. The first-order valence-electron chi connectivity index (χ1n) is 10.1. The van der Waals surface area contributed by atoms with E-state index in [1.54, 1.807) is 13.0 Å². The van der Waals surface area contributed by atoms with Crippen LogP contribution in [0.15, 0.2) is 54.6 Å². The van der Waals surface area contributed by atoms with E-state index in [1.807, 2.05) is 44.2 Å². The molecule has 0 amide bonds.